The second-order valence-corrected chi connectivity index (χ2v) is 4.39. The van der Waals surface area contributed by atoms with Gasteiger partial charge in [0.25, 0.3) is 0 Å². The molecule has 0 aliphatic heterocycles. The van der Waals surface area contributed by atoms with Crippen molar-refractivity contribution < 1.29 is 0 Å². The van der Waals surface area contributed by atoms with E-state index in [1.165, 1.54) is 0 Å². The number of halogens is 1. The van der Waals surface area contributed by atoms with Crippen LogP contribution < -0.4 is 11.2 Å². The van der Waals surface area contributed by atoms with Crippen LogP contribution in [0.4, 0.5) is 5.69 Å². The lowest BCUT2D eigenvalue weighted by Crippen LogP contribution is -2.22. The van der Waals surface area contributed by atoms with Gasteiger partial charge in [-0.25, -0.2) is 0 Å². The minimum Gasteiger partial charge on any atom is -0.382 e. The summed E-state index contributed by atoms with van der Waals surface area (Å²) < 4.78 is 0.847. The number of hydrogen-bond acceptors (Lipinski definition) is 4. The van der Waals surface area contributed by atoms with Crippen LogP contribution in [0.1, 0.15) is 11.1 Å². The lowest BCUT2D eigenvalue weighted by atomic mass is 10.1. The van der Waals surface area contributed by atoms with Gasteiger partial charge in [-0.1, -0.05) is 6.07 Å². The fraction of sp³-hybridized carbons (Fsp3) is 0.182. The summed E-state index contributed by atoms with van der Waals surface area (Å²) >= 11 is 3.41. The number of nitriles is 1. The Kier molecular flexibility index (Phi) is 4.24. The molecular formula is C11H12BrN5. The molecule has 4 N–H and O–H groups in total. The summed E-state index contributed by atoms with van der Waals surface area (Å²) in [6.07, 6.45) is 0. The number of hydrogen-bond donors (Lipinski definition) is 3. The molecule has 1 rings (SSSR count). The summed E-state index contributed by atoms with van der Waals surface area (Å²) in [4.78, 5) is 0. The van der Waals surface area contributed by atoms with Crippen LogP contribution in [-0.2, 0) is 0 Å². The molecule has 0 fully saturated rings. The van der Waals surface area contributed by atoms with Crippen molar-refractivity contribution in [3.05, 3.63) is 27.7 Å². The highest BCUT2D eigenvalue weighted by Gasteiger charge is 2.06. The lowest BCUT2D eigenvalue weighted by molar-refractivity contribution is 1.27. The molecule has 0 radical (unpaired) electrons. The van der Waals surface area contributed by atoms with E-state index in [1.807, 2.05) is 26.0 Å². The van der Waals surface area contributed by atoms with Gasteiger partial charge in [-0.15, -0.1) is 0 Å². The molecule has 1 aromatic rings. The number of aryl methyl sites for hydroxylation is 2. The number of amidine groups is 1. The smallest absolute Gasteiger partial charge is 0.201 e. The van der Waals surface area contributed by atoms with Crippen LogP contribution in [0.15, 0.2) is 21.7 Å². The Labute approximate surface area is 108 Å². The molecule has 0 atom stereocenters. The molecule has 0 bridgehead atoms. The molecule has 0 saturated carbocycles. The van der Waals surface area contributed by atoms with E-state index in [0.717, 1.165) is 21.3 Å². The Hall–Kier alpha value is -1.87. The van der Waals surface area contributed by atoms with Crippen molar-refractivity contribution in [1.82, 2.24) is 0 Å². The van der Waals surface area contributed by atoms with E-state index < -0.39 is 0 Å². The summed E-state index contributed by atoms with van der Waals surface area (Å²) in [7, 11) is 0. The van der Waals surface area contributed by atoms with Gasteiger partial charge in [-0.2, -0.15) is 10.4 Å². The second-order valence-electron chi connectivity index (χ2n) is 3.54. The zero-order valence-electron chi connectivity index (χ0n) is 9.50. The number of nitrogens with zero attached hydrogens (tertiary/aromatic N) is 2. The van der Waals surface area contributed by atoms with Gasteiger partial charge in [-0.05, 0) is 47.0 Å². The number of nitrogens with two attached hydrogens (primary N) is 1. The Balaban J connectivity index is 3.05. The maximum Gasteiger partial charge on any atom is 0.201 e. The summed E-state index contributed by atoms with van der Waals surface area (Å²) in [5.74, 6) is -0.360. The van der Waals surface area contributed by atoms with Crippen LogP contribution in [0.5, 0.6) is 0 Å². The molecule has 0 saturated heterocycles. The molecule has 0 amide bonds. The minimum atomic E-state index is -0.360. The summed E-state index contributed by atoms with van der Waals surface area (Å²) in [6.45, 7) is 3.91. The van der Waals surface area contributed by atoms with E-state index in [9.17, 15) is 0 Å². The van der Waals surface area contributed by atoms with Crippen LogP contribution in [-0.4, -0.2) is 11.5 Å². The predicted molar refractivity (Wildman–Crippen MR) is 72.2 cm³/mol. The monoisotopic (exact) mass is 293 g/mol. The Morgan fingerprint density at radius 3 is 2.65 bits per heavy atom. The first-order chi connectivity index (χ1) is 7.95. The first kappa shape index (κ1) is 13.2. The third kappa shape index (κ3) is 3.29. The SMILES string of the molecule is Cc1cc(C)c(N/N=C(\C#N)C(=N)N)c(Br)c1. The highest BCUT2D eigenvalue weighted by molar-refractivity contribution is 9.10. The summed E-state index contributed by atoms with van der Waals surface area (Å²) in [5, 5.41) is 19.6. The number of nitrogens with one attached hydrogen (secondary N) is 2. The van der Waals surface area contributed by atoms with Crippen LogP contribution in [0.2, 0.25) is 0 Å². The maximum absolute atomic E-state index is 8.70. The van der Waals surface area contributed by atoms with Crippen molar-refractivity contribution in [3.63, 3.8) is 0 Å². The van der Waals surface area contributed by atoms with Crippen molar-refractivity contribution >= 4 is 33.2 Å². The molecule has 88 valence electrons. The van der Waals surface area contributed by atoms with Gasteiger partial charge < -0.3 is 5.73 Å². The molecule has 0 unspecified atom stereocenters. The molecule has 6 heteroatoms. The molecule has 0 heterocycles. The zero-order chi connectivity index (χ0) is 13.0. The maximum atomic E-state index is 8.70. The second kappa shape index (κ2) is 5.46. The third-order valence-electron chi connectivity index (χ3n) is 2.07. The first-order valence-corrected chi connectivity index (χ1v) is 5.60. The van der Waals surface area contributed by atoms with E-state index in [-0.39, 0.29) is 11.5 Å². The van der Waals surface area contributed by atoms with Crippen molar-refractivity contribution in [1.29, 1.82) is 10.7 Å². The highest BCUT2D eigenvalue weighted by Crippen LogP contribution is 2.27. The molecule has 0 spiro atoms. The number of rotatable bonds is 3. The van der Waals surface area contributed by atoms with Crippen LogP contribution >= 0.6 is 15.9 Å². The molecule has 0 aliphatic rings. The van der Waals surface area contributed by atoms with Crippen molar-refractivity contribution in [2.24, 2.45) is 10.8 Å². The van der Waals surface area contributed by atoms with E-state index in [2.05, 4.69) is 26.5 Å². The molecule has 0 aliphatic carbocycles. The topological polar surface area (TPSA) is 98.0 Å². The third-order valence-corrected chi connectivity index (χ3v) is 2.70. The van der Waals surface area contributed by atoms with E-state index >= 15 is 0 Å². The average Bonchev–Trinajstić information content (AvgIpc) is 2.21. The molecular weight excluding hydrogens is 282 g/mol. The van der Waals surface area contributed by atoms with Crippen molar-refractivity contribution in [2.45, 2.75) is 13.8 Å². The Bertz CT molecular complexity index is 504. The molecule has 0 aromatic heterocycles. The minimum absolute atomic E-state index is 0.142. The fourth-order valence-corrected chi connectivity index (χ4v) is 2.08. The van der Waals surface area contributed by atoms with Gasteiger partial charge in [-0.3, -0.25) is 10.8 Å². The van der Waals surface area contributed by atoms with Crippen LogP contribution in [0, 0.1) is 30.6 Å². The fourth-order valence-electron chi connectivity index (χ4n) is 1.31. The standard InChI is InChI=1S/C11H12BrN5/c1-6-3-7(2)10(8(12)4-6)17-16-9(5-13)11(14)15/h3-4,17H,1-2H3,(H3,14,15)/b16-9+. The van der Waals surface area contributed by atoms with Gasteiger partial charge in [0, 0.05) is 4.47 Å². The lowest BCUT2D eigenvalue weighted by Gasteiger charge is -2.09. The van der Waals surface area contributed by atoms with Gasteiger partial charge in [0.15, 0.2) is 5.84 Å². The average molecular weight is 294 g/mol. The molecule has 17 heavy (non-hydrogen) atoms. The van der Waals surface area contributed by atoms with E-state index in [0.29, 0.717) is 0 Å². The van der Waals surface area contributed by atoms with Gasteiger partial charge in [0.1, 0.15) is 6.07 Å². The summed E-state index contributed by atoms with van der Waals surface area (Å²) in [6, 6.07) is 5.67. The highest BCUT2D eigenvalue weighted by atomic mass is 79.9. The Morgan fingerprint density at radius 1 is 1.53 bits per heavy atom. The number of anilines is 1. The van der Waals surface area contributed by atoms with Crippen molar-refractivity contribution in [3.8, 4) is 6.07 Å². The zero-order valence-corrected chi connectivity index (χ0v) is 11.1. The van der Waals surface area contributed by atoms with Crippen LogP contribution in [0.3, 0.4) is 0 Å². The number of benzene rings is 1. The predicted octanol–water partition coefficient (Wildman–Crippen LogP) is 2.29. The van der Waals surface area contributed by atoms with Crippen LogP contribution in [0.25, 0.3) is 0 Å². The van der Waals surface area contributed by atoms with E-state index in [4.69, 9.17) is 16.4 Å². The van der Waals surface area contributed by atoms with Gasteiger partial charge in [0.2, 0.25) is 5.71 Å². The Morgan fingerprint density at radius 2 is 2.18 bits per heavy atom. The van der Waals surface area contributed by atoms with E-state index in [1.54, 1.807) is 6.07 Å². The molecule has 5 nitrogen and oxygen atoms in total. The van der Waals surface area contributed by atoms with Gasteiger partial charge in [0.05, 0.1) is 5.69 Å². The van der Waals surface area contributed by atoms with Crippen molar-refractivity contribution in [2.75, 3.05) is 5.43 Å². The molecule has 1 aromatic carbocycles. The normalized spacial score (nSPS) is 10.8. The largest absolute Gasteiger partial charge is 0.382 e. The summed E-state index contributed by atoms with van der Waals surface area (Å²) in [5.41, 5.74) is 10.6. The van der Waals surface area contributed by atoms with Gasteiger partial charge >= 0.3 is 0 Å². The quantitative estimate of drug-likeness (QED) is 0.453. The number of hydrazone groups is 1. The first-order valence-electron chi connectivity index (χ1n) is 4.80.